The zero-order valence-electron chi connectivity index (χ0n) is 14.7. The van der Waals surface area contributed by atoms with Crippen LogP contribution in [0.1, 0.15) is 0 Å². The van der Waals surface area contributed by atoms with E-state index in [4.69, 9.17) is 25.8 Å². The molecule has 0 aromatic heterocycles. The number of halogens is 2. The molecule has 1 amide bonds. The number of carbonyl (C=O) groups excluding carboxylic acids is 1. The summed E-state index contributed by atoms with van der Waals surface area (Å²) >= 11 is 9.56. The van der Waals surface area contributed by atoms with Crippen molar-refractivity contribution in [3.05, 3.63) is 58.0 Å². The summed E-state index contributed by atoms with van der Waals surface area (Å²) in [4.78, 5) is 12.3. The number of ether oxygens (including phenoxy) is 3. The Hall–Kier alpha value is -2.44. The van der Waals surface area contributed by atoms with Crippen LogP contribution in [0.25, 0.3) is 10.8 Å². The van der Waals surface area contributed by atoms with Gasteiger partial charge in [0.05, 0.1) is 24.9 Å². The van der Waals surface area contributed by atoms with Crippen LogP contribution in [-0.2, 0) is 4.79 Å². The van der Waals surface area contributed by atoms with Gasteiger partial charge < -0.3 is 19.5 Å². The Bertz CT molecular complexity index is 993. The van der Waals surface area contributed by atoms with Crippen molar-refractivity contribution >= 4 is 49.9 Å². The van der Waals surface area contributed by atoms with Crippen LogP contribution in [-0.4, -0.2) is 26.7 Å². The molecule has 0 aliphatic rings. The molecule has 0 saturated heterocycles. The quantitative estimate of drug-likeness (QED) is 0.554. The predicted octanol–water partition coefficient (Wildman–Crippen LogP) is 5.29. The van der Waals surface area contributed by atoms with Gasteiger partial charge in [0.1, 0.15) is 17.2 Å². The van der Waals surface area contributed by atoms with Gasteiger partial charge in [-0.2, -0.15) is 0 Å². The number of benzene rings is 3. The summed E-state index contributed by atoms with van der Waals surface area (Å²) in [6, 6.07) is 14.8. The summed E-state index contributed by atoms with van der Waals surface area (Å²) in [6.45, 7) is -0.144. The molecule has 0 aliphatic carbocycles. The van der Waals surface area contributed by atoms with Crippen LogP contribution in [0.4, 0.5) is 5.69 Å². The van der Waals surface area contributed by atoms with Crippen LogP contribution >= 0.6 is 27.5 Å². The van der Waals surface area contributed by atoms with Gasteiger partial charge in [-0.15, -0.1) is 0 Å². The fourth-order valence-corrected chi connectivity index (χ4v) is 3.20. The number of amides is 1. The van der Waals surface area contributed by atoms with Gasteiger partial charge in [-0.05, 0) is 41.1 Å². The molecule has 27 heavy (non-hydrogen) atoms. The second-order valence-corrected chi connectivity index (χ2v) is 7.00. The number of hydrogen-bond acceptors (Lipinski definition) is 4. The van der Waals surface area contributed by atoms with Gasteiger partial charge in [0.15, 0.2) is 6.61 Å². The van der Waals surface area contributed by atoms with Crippen molar-refractivity contribution in [1.29, 1.82) is 0 Å². The minimum absolute atomic E-state index is 0.144. The van der Waals surface area contributed by atoms with Crippen molar-refractivity contribution < 1.29 is 19.0 Å². The van der Waals surface area contributed by atoms with Crippen LogP contribution in [0.15, 0.2) is 53.0 Å². The summed E-state index contributed by atoms with van der Waals surface area (Å²) in [5, 5.41) is 5.21. The lowest BCUT2D eigenvalue weighted by Gasteiger charge is -2.13. The van der Waals surface area contributed by atoms with E-state index in [1.54, 1.807) is 12.1 Å². The molecular weight excluding hydrogens is 434 g/mol. The fourth-order valence-electron chi connectivity index (χ4n) is 2.58. The van der Waals surface area contributed by atoms with Crippen LogP contribution in [0, 0.1) is 0 Å². The van der Waals surface area contributed by atoms with Gasteiger partial charge in [-0.1, -0.05) is 39.7 Å². The maximum absolute atomic E-state index is 12.3. The van der Waals surface area contributed by atoms with Gasteiger partial charge >= 0.3 is 0 Å². The first-order valence-corrected chi connectivity index (χ1v) is 9.20. The van der Waals surface area contributed by atoms with Crippen molar-refractivity contribution in [2.45, 2.75) is 0 Å². The van der Waals surface area contributed by atoms with E-state index < -0.39 is 0 Å². The van der Waals surface area contributed by atoms with E-state index in [9.17, 15) is 4.79 Å². The average molecular weight is 451 g/mol. The first-order valence-electron chi connectivity index (χ1n) is 8.03. The van der Waals surface area contributed by atoms with E-state index in [-0.39, 0.29) is 12.5 Å². The summed E-state index contributed by atoms with van der Waals surface area (Å²) in [5.41, 5.74) is 0.445. The third-order valence-electron chi connectivity index (χ3n) is 3.89. The monoisotopic (exact) mass is 449 g/mol. The topological polar surface area (TPSA) is 56.8 Å². The minimum Gasteiger partial charge on any atom is -0.495 e. The van der Waals surface area contributed by atoms with E-state index >= 15 is 0 Å². The van der Waals surface area contributed by atoms with Crippen LogP contribution in [0.3, 0.4) is 0 Å². The molecule has 3 aromatic rings. The minimum atomic E-state index is -0.328. The third kappa shape index (κ3) is 4.64. The number of rotatable bonds is 6. The lowest BCUT2D eigenvalue weighted by Crippen LogP contribution is -2.20. The molecule has 5 nitrogen and oxygen atoms in total. The average Bonchev–Trinajstić information content (AvgIpc) is 2.66. The number of methoxy groups -OCH3 is 2. The lowest BCUT2D eigenvalue weighted by molar-refractivity contribution is -0.118. The van der Waals surface area contributed by atoms with Gasteiger partial charge in [0, 0.05) is 10.5 Å². The van der Waals surface area contributed by atoms with E-state index in [1.807, 2.05) is 36.4 Å². The van der Waals surface area contributed by atoms with Gasteiger partial charge in [-0.3, -0.25) is 4.79 Å². The zero-order chi connectivity index (χ0) is 19.4. The van der Waals surface area contributed by atoms with Gasteiger partial charge in [-0.25, -0.2) is 0 Å². The largest absolute Gasteiger partial charge is 0.495 e. The summed E-state index contributed by atoms with van der Waals surface area (Å²) in [5.74, 6) is 1.19. The molecule has 0 fully saturated rings. The van der Waals surface area contributed by atoms with Crippen molar-refractivity contribution in [2.75, 3.05) is 26.1 Å². The van der Waals surface area contributed by atoms with E-state index in [1.165, 1.54) is 14.2 Å². The Morgan fingerprint density at radius 2 is 1.70 bits per heavy atom. The molecule has 3 rings (SSSR count). The number of anilines is 1. The highest BCUT2D eigenvalue weighted by molar-refractivity contribution is 9.10. The Labute approximate surface area is 170 Å². The first-order chi connectivity index (χ1) is 13.0. The number of nitrogens with one attached hydrogen (secondary N) is 1. The SMILES string of the molecule is COc1cc(OC)c(NC(=O)COc2ccc3cc(Br)ccc3c2)cc1Cl. The second-order valence-electron chi connectivity index (χ2n) is 5.68. The standard InChI is InChI=1S/C20H17BrClNO4/c1-25-18-10-19(26-2)17(9-16(18)22)23-20(24)11-27-15-6-4-12-7-14(21)5-3-13(12)8-15/h3-10H,11H2,1-2H3,(H,23,24). The van der Waals surface area contributed by atoms with Crippen LogP contribution in [0.2, 0.25) is 5.02 Å². The van der Waals surface area contributed by atoms with Crippen molar-refractivity contribution in [2.24, 2.45) is 0 Å². The molecule has 0 bridgehead atoms. The van der Waals surface area contributed by atoms with E-state index in [2.05, 4.69) is 21.2 Å². The Kier molecular flexibility index (Phi) is 6.08. The highest BCUT2D eigenvalue weighted by Gasteiger charge is 2.13. The highest BCUT2D eigenvalue weighted by Crippen LogP contribution is 2.35. The van der Waals surface area contributed by atoms with Crippen molar-refractivity contribution in [3.63, 3.8) is 0 Å². The second kappa shape index (κ2) is 8.50. The first kappa shape index (κ1) is 19.3. The molecule has 0 atom stereocenters. The Morgan fingerprint density at radius 3 is 2.44 bits per heavy atom. The normalized spacial score (nSPS) is 10.5. The zero-order valence-corrected chi connectivity index (χ0v) is 17.1. The van der Waals surface area contributed by atoms with Gasteiger partial charge in [0.2, 0.25) is 0 Å². The van der Waals surface area contributed by atoms with Crippen molar-refractivity contribution in [1.82, 2.24) is 0 Å². The van der Waals surface area contributed by atoms with Crippen molar-refractivity contribution in [3.8, 4) is 17.2 Å². The molecule has 0 spiro atoms. The van der Waals surface area contributed by atoms with Gasteiger partial charge in [0.25, 0.3) is 5.91 Å². The summed E-state index contributed by atoms with van der Waals surface area (Å²) < 4.78 is 17.0. The molecule has 0 saturated carbocycles. The predicted molar refractivity (Wildman–Crippen MR) is 110 cm³/mol. The molecule has 7 heteroatoms. The van der Waals surface area contributed by atoms with E-state index in [0.717, 1.165) is 15.2 Å². The number of carbonyl (C=O) groups is 1. The van der Waals surface area contributed by atoms with Crippen LogP contribution < -0.4 is 19.5 Å². The van der Waals surface area contributed by atoms with E-state index in [0.29, 0.717) is 28.0 Å². The lowest BCUT2D eigenvalue weighted by atomic mass is 10.1. The molecule has 1 N–H and O–H groups in total. The third-order valence-corrected chi connectivity index (χ3v) is 4.68. The van der Waals surface area contributed by atoms with Crippen LogP contribution in [0.5, 0.6) is 17.2 Å². The Morgan fingerprint density at radius 1 is 1.00 bits per heavy atom. The molecule has 0 heterocycles. The fraction of sp³-hybridized carbons (Fsp3) is 0.150. The maximum Gasteiger partial charge on any atom is 0.262 e. The molecular formula is C20H17BrClNO4. The Balaban J connectivity index is 1.68. The molecule has 140 valence electrons. The molecule has 3 aromatic carbocycles. The smallest absolute Gasteiger partial charge is 0.262 e. The summed E-state index contributed by atoms with van der Waals surface area (Å²) in [6.07, 6.45) is 0. The highest BCUT2D eigenvalue weighted by atomic mass is 79.9. The molecule has 0 unspecified atom stereocenters. The maximum atomic E-state index is 12.3. The molecule has 0 radical (unpaired) electrons. The number of hydrogen-bond donors (Lipinski definition) is 1. The molecule has 0 aliphatic heterocycles. The summed E-state index contributed by atoms with van der Waals surface area (Å²) in [7, 11) is 3.01. The number of fused-ring (bicyclic) bond motifs is 1.